The van der Waals surface area contributed by atoms with Gasteiger partial charge in [0.2, 0.25) is 5.91 Å². The molecule has 3 atom stereocenters. The zero-order chi connectivity index (χ0) is 16.7. The molecular formula is C20H19NO3. The number of rotatable bonds is 2. The van der Waals surface area contributed by atoms with Crippen molar-refractivity contribution in [3.63, 3.8) is 0 Å². The second-order valence-corrected chi connectivity index (χ2v) is 6.56. The zero-order valence-corrected chi connectivity index (χ0v) is 13.5. The molecule has 0 unspecified atom stereocenters. The summed E-state index contributed by atoms with van der Waals surface area (Å²) >= 11 is 0. The highest BCUT2D eigenvalue weighted by Gasteiger charge is 2.61. The Kier molecular flexibility index (Phi) is 3.41. The molecule has 0 saturated carbocycles. The first kappa shape index (κ1) is 14.9. The van der Waals surface area contributed by atoms with Gasteiger partial charge in [-0.05, 0) is 17.5 Å². The fourth-order valence-corrected chi connectivity index (χ4v) is 4.01. The molecule has 122 valence electrons. The van der Waals surface area contributed by atoms with E-state index in [9.17, 15) is 9.59 Å². The molecule has 0 N–H and O–H groups in total. The summed E-state index contributed by atoms with van der Waals surface area (Å²) in [6.45, 7) is 2.09. The van der Waals surface area contributed by atoms with Crippen molar-refractivity contribution in [1.29, 1.82) is 0 Å². The lowest BCUT2D eigenvalue weighted by Gasteiger charge is -2.45. The third kappa shape index (κ3) is 1.99. The monoisotopic (exact) mass is 321 g/mol. The summed E-state index contributed by atoms with van der Waals surface area (Å²) in [4.78, 5) is 27.6. The van der Waals surface area contributed by atoms with Crippen molar-refractivity contribution in [3.8, 4) is 0 Å². The first-order chi connectivity index (χ1) is 11.6. The molecular weight excluding hydrogens is 302 g/mol. The van der Waals surface area contributed by atoms with Crippen molar-refractivity contribution in [2.75, 3.05) is 6.61 Å². The number of carbonyl (C=O) groups excluding carboxylic acids is 2. The van der Waals surface area contributed by atoms with E-state index in [0.29, 0.717) is 6.42 Å². The highest BCUT2D eigenvalue weighted by Crippen LogP contribution is 2.50. The average molecular weight is 321 g/mol. The van der Waals surface area contributed by atoms with Gasteiger partial charge in [-0.1, -0.05) is 67.6 Å². The van der Waals surface area contributed by atoms with Gasteiger partial charge in [0.05, 0.1) is 6.04 Å². The fourth-order valence-electron chi connectivity index (χ4n) is 4.01. The van der Waals surface area contributed by atoms with Crippen molar-refractivity contribution in [2.24, 2.45) is 5.92 Å². The molecule has 0 aliphatic carbocycles. The second kappa shape index (κ2) is 5.48. The molecule has 2 aromatic carbocycles. The minimum Gasteiger partial charge on any atom is -0.461 e. The Labute approximate surface area is 141 Å². The first-order valence-electron chi connectivity index (χ1n) is 8.25. The van der Waals surface area contributed by atoms with E-state index in [1.807, 2.05) is 67.6 Å². The summed E-state index contributed by atoms with van der Waals surface area (Å²) in [5, 5.41) is 0. The average Bonchev–Trinajstić information content (AvgIpc) is 2.91. The number of cyclic esters (lactones) is 1. The van der Waals surface area contributed by atoms with Gasteiger partial charge in [-0.15, -0.1) is 0 Å². The highest BCUT2D eigenvalue weighted by molar-refractivity contribution is 5.95. The summed E-state index contributed by atoms with van der Waals surface area (Å²) in [5.41, 5.74) is 0.803. The molecule has 2 fully saturated rings. The lowest BCUT2D eigenvalue weighted by atomic mass is 9.83. The first-order valence-corrected chi connectivity index (χ1v) is 8.25. The Morgan fingerprint density at radius 3 is 2.29 bits per heavy atom. The number of ether oxygens (including phenoxy) is 1. The third-order valence-corrected chi connectivity index (χ3v) is 5.13. The van der Waals surface area contributed by atoms with Crippen molar-refractivity contribution in [1.82, 2.24) is 4.90 Å². The molecule has 2 aliphatic rings. The van der Waals surface area contributed by atoms with Crippen LogP contribution in [0.4, 0.5) is 0 Å². The predicted molar refractivity (Wildman–Crippen MR) is 88.9 cm³/mol. The largest absolute Gasteiger partial charge is 0.461 e. The number of nitrogens with zero attached hydrogens (tertiary/aromatic N) is 1. The number of morpholine rings is 1. The smallest absolute Gasteiger partial charge is 0.336 e. The molecule has 4 heteroatoms. The second-order valence-electron chi connectivity index (χ2n) is 6.56. The summed E-state index contributed by atoms with van der Waals surface area (Å²) in [6.07, 6.45) is 0.456. The Balaban J connectivity index is 1.89. The number of fused-ring (bicyclic) bond motifs is 1. The molecule has 0 bridgehead atoms. The van der Waals surface area contributed by atoms with E-state index in [1.165, 1.54) is 0 Å². The maximum Gasteiger partial charge on any atom is 0.336 e. The van der Waals surface area contributed by atoms with E-state index < -0.39 is 5.54 Å². The Morgan fingerprint density at radius 2 is 1.62 bits per heavy atom. The standard InChI is InChI=1S/C20H19NO3/c1-14-12-20(16-10-6-3-7-11-16)19(23)24-13-17(21(20)18(14)22)15-8-4-2-5-9-15/h2-11,14,17H,12-13H2,1H3/t14-,17-,20+/m0/s1. The maximum atomic E-state index is 13.0. The van der Waals surface area contributed by atoms with Gasteiger partial charge in [0, 0.05) is 5.92 Å². The number of hydrogen-bond acceptors (Lipinski definition) is 3. The van der Waals surface area contributed by atoms with Gasteiger partial charge < -0.3 is 9.64 Å². The highest BCUT2D eigenvalue weighted by atomic mass is 16.5. The van der Waals surface area contributed by atoms with Gasteiger partial charge in [0.15, 0.2) is 5.54 Å². The van der Waals surface area contributed by atoms with E-state index in [1.54, 1.807) is 4.90 Å². The van der Waals surface area contributed by atoms with Crippen LogP contribution < -0.4 is 0 Å². The van der Waals surface area contributed by atoms with Crippen LogP contribution in [0.5, 0.6) is 0 Å². The molecule has 4 nitrogen and oxygen atoms in total. The van der Waals surface area contributed by atoms with Crippen LogP contribution >= 0.6 is 0 Å². The molecule has 0 aromatic heterocycles. The van der Waals surface area contributed by atoms with Crippen LogP contribution in [0.1, 0.15) is 30.5 Å². The lowest BCUT2D eigenvalue weighted by Crippen LogP contribution is -2.56. The van der Waals surface area contributed by atoms with Crippen molar-refractivity contribution < 1.29 is 14.3 Å². The van der Waals surface area contributed by atoms with E-state index >= 15 is 0 Å². The minimum atomic E-state index is -1.02. The van der Waals surface area contributed by atoms with Crippen LogP contribution in [0.2, 0.25) is 0 Å². The molecule has 0 radical (unpaired) electrons. The van der Waals surface area contributed by atoms with E-state index in [0.717, 1.165) is 11.1 Å². The number of amides is 1. The fraction of sp³-hybridized carbons (Fsp3) is 0.300. The summed E-state index contributed by atoms with van der Waals surface area (Å²) < 4.78 is 5.58. The van der Waals surface area contributed by atoms with Crippen LogP contribution in [0.25, 0.3) is 0 Å². The van der Waals surface area contributed by atoms with Gasteiger partial charge in [0.1, 0.15) is 6.61 Å². The normalized spacial score (nSPS) is 29.3. The van der Waals surface area contributed by atoms with E-state index in [-0.39, 0.29) is 30.4 Å². The Morgan fingerprint density at radius 1 is 1.00 bits per heavy atom. The maximum absolute atomic E-state index is 13.0. The topological polar surface area (TPSA) is 46.6 Å². The van der Waals surface area contributed by atoms with Crippen LogP contribution in [0, 0.1) is 5.92 Å². The molecule has 2 aliphatic heterocycles. The number of esters is 1. The van der Waals surface area contributed by atoms with Gasteiger partial charge >= 0.3 is 5.97 Å². The quantitative estimate of drug-likeness (QED) is 0.799. The van der Waals surface area contributed by atoms with Crippen LogP contribution in [-0.2, 0) is 19.9 Å². The van der Waals surface area contributed by atoms with E-state index in [4.69, 9.17) is 4.74 Å². The van der Waals surface area contributed by atoms with Crippen LogP contribution in [-0.4, -0.2) is 23.4 Å². The number of carbonyl (C=O) groups is 2. The molecule has 4 rings (SSSR count). The summed E-state index contributed by atoms with van der Waals surface area (Å²) in [5.74, 6) is -0.509. The van der Waals surface area contributed by atoms with Gasteiger partial charge in [-0.25, -0.2) is 4.79 Å². The zero-order valence-electron chi connectivity index (χ0n) is 13.5. The molecule has 2 heterocycles. The molecule has 1 amide bonds. The van der Waals surface area contributed by atoms with Crippen molar-refractivity contribution in [3.05, 3.63) is 71.8 Å². The van der Waals surface area contributed by atoms with Crippen LogP contribution in [0.3, 0.4) is 0 Å². The summed E-state index contributed by atoms with van der Waals surface area (Å²) in [6, 6.07) is 19.1. The van der Waals surface area contributed by atoms with Crippen molar-refractivity contribution >= 4 is 11.9 Å². The van der Waals surface area contributed by atoms with Crippen molar-refractivity contribution in [2.45, 2.75) is 24.9 Å². The molecule has 2 aromatic rings. The lowest BCUT2D eigenvalue weighted by molar-refractivity contribution is -0.178. The molecule has 2 saturated heterocycles. The Hall–Kier alpha value is -2.62. The minimum absolute atomic E-state index is 0.0179. The van der Waals surface area contributed by atoms with Gasteiger partial charge in [-0.3, -0.25) is 4.79 Å². The third-order valence-electron chi connectivity index (χ3n) is 5.13. The summed E-state index contributed by atoms with van der Waals surface area (Å²) in [7, 11) is 0. The van der Waals surface area contributed by atoms with Gasteiger partial charge in [-0.2, -0.15) is 0 Å². The van der Waals surface area contributed by atoms with Crippen LogP contribution in [0.15, 0.2) is 60.7 Å². The van der Waals surface area contributed by atoms with E-state index in [2.05, 4.69) is 0 Å². The predicted octanol–water partition coefficient (Wildman–Crippen LogP) is 3.05. The number of hydrogen-bond donors (Lipinski definition) is 0. The molecule has 24 heavy (non-hydrogen) atoms. The Bertz CT molecular complexity index is 774. The number of benzene rings is 2. The van der Waals surface area contributed by atoms with Gasteiger partial charge in [0.25, 0.3) is 0 Å². The molecule has 0 spiro atoms. The SMILES string of the molecule is C[C@H]1C[C@@]2(c3ccccc3)C(=O)OC[C@@H](c3ccccc3)N2C1=O.